The van der Waals surface area contributed by atoms with Crippen LogP contribution >= 0.6 is 15.9 Å². The average molecular weight is 352 g/mol. The first kappa shape index (κ1) is 14.4. The van der Waals surface area contributed by atoms with Crippen molar-refractivity contribution in [3.05, 3.63) is 57.8 Å². The molecule has 1 unspecified atom stereocenters. The lowest BCUT2D eigenvalue weighted by atomic mass is 10.1. The van der Waals surface area contributed by atoms with Crippen molar-refractivity contribution < 1.29 is 13.9 Å². The first-order valence-electron chi connectivity index (χ1n) is 6.70. The Balaban J connectivity index is 1.66. The molecule has 1 aliphatic rings. The highest BCUT2D eigenvalue weighted by atomic mass is 79.9. The molecule has 0 aromatic heterocycles. The van der Waals surface area contributed by atoms with E-state index in [0.717, 1.165) is 22.6 Å². The largest absolute Gasteiger partial charge is 0.454 e. The van der Waals surface area contributed by atoms with Gasteiger partial charge in [-0.25, -0.2) is 4.39 Å². The van der Waals surface area contributed by atoms with Gasteiger partial charge in [-0.3, -0.25) is 0 Å². The summed E-state index contributed by atoms with van der Waals surface area (Å²) in [7, 11) is 0. The zero-order valence-electron chi connectivity index (χ0n) is 11.5. The molecule has 1 heterocycles. The summed E-state index contributed by atoms with van der Waals surface area (Å²) >= 11 is 3.20. The van der Waals surface area contributed by atoms with Crippen LogP contribution in [-0.2, 0) is 6.54 Å². The maximum atomic E-state index is 13.2. The molecule has 21 heavy (non-hydrogen) atoms. The van der Waals surface area contributed by atoms with Crippen molar-refractivity contribution in [1.82, 2.24) is 5.32 Å². The summed E-state index contributed by atoms with van der Waals surface area (Å²) in [5.41, 5.74) is 2.15. The number of hydrogen-bond acceptors (Lipinski definition) is 3. The van der Waals surface area contributed by atoms with E-state index in [1.807, 2.05) is 18.2 Å². The van der Waals surface area contributed by atoms with Crippen LogP contribution < -0.4 is 14.8 Å². The van der Waals surface area contributed by atoms with Crippen LogP contribution in [0.2, 0.25) is 0 Å². The number of hydrogen-bond donors (Lipinski definition) is 1. The third-order valence-electron chi connectivity index (χ3n) is 3.49. The van der Waals surface area contributed by atoms with E-state index in [4.69, 9.17) is 9.47 Å². The minimum atomic E-state index is -0.248. The molecule has 0 aliphatic carbocycles. The Hall–Kier alpha value is -1.59. The zero-order chi connectivity index (χ0) is 14.8. The summed E-state index contributed by atoms with van der Waals surface area (Å²) in [5, 5.41) is 3.41. The van der Waals surface area contributed by atoms with Crippen molar-refractivity contribution in [2.24, 2.45) is 0 Å². The van der Waals surface area contributed by atoms with E-state index in [-0.39, 0.29) is 18.7 Å². The van der Waals surface area contributed by atoms with Crippen LogP contribution in [0, 0.1) is 5.82 Å². The topological polar surface area (TPSA) is 30.5 Å². The minimum absolute atomic E-state index is 0.156. The number of benzene rings is 2. The Labute approximate surface area is 131 Å². The fourth-order valence-corrected chi connectivity index (χ4v) is 2.65. The molecule has 0 saturated carbocycles. The van der Waals surface area contributed by atoms with Gasteiger partial charge < -0.3 is 14.8 Å². The molecule has 0 fully saturated rings. The average Bonchev–Trinajstić information content (AvgIpc) is 2.95. The van der Waals surface area contributed by atoms with E-state index < -0.39 is 0 Å². The lowest BCUT2D eigenvalue weighted by Gasteiger charge is -2.15. The molecule has 1 aliphatic heterocycles. The smallest absolute Gasteiger partial charge is 0.231 e. The molecular weight excluding hydrogens is 337 g/mol. The fraction of sp³-hybridized carbons (Fsp3) is 0.250. The summed E-state index contributed by atoms with van der Waals surface area (Å²) in [6.45, 7) is 3.02. The van der Waals surface area contributed by atoms with Gasteiger partial charge in [0.15, 0.2) is 11.5 Å². The van der Waals surface area contributed by atoms with Gasteiger partial charge in [-0.15, -0.1) is 0 Å². The maximum Gasteiger partial charge on any atom is 0.231 e. The Morgan fingerprint density at radius 2 is 2.00 bits per heavy atom. The molecule has 3 nitrogen and oxygen atoms in total. The van der Waals surface area contributed by atoms with Gasteiger partial charge in [0.25, 0.3) is 0 Å². The molecule has 2 aromatic rings. The molecular formula is C16H15BrFNO2. The first-order chi connectivity index (χ1) is 10.1. The minimum Gasteiger partial charge on any atom is -0.454 e. The van der Waals surface area contributed by atoms with Gasteiger partial charge in [-0.05, 0) is 58.2 Å². The van der Waals surface area contributed by atoms with Gasteiger partial charge in [-0.2, -0.15) is 0 Å². The maximum absolute atomic E-state index is 13.2. The second-order valence-corrected chi connectivity index (χ2v) is 5.82. The number of halogens is 2. The summed E-state index contributed by atoms with van der Waals surface area (Å²) < 4.78 is 24.4. The number of rotatable bonds is 4. The fourth-order valence-electron chi connectivity index (χ4n) is 2.22. The highest BCUT2D eigenvalue weighted by Crippen LogP contribution is 2.34. The van der Waals surface area contributed by atoms with E-state index in [1.54, 1.807) is 12.1 Å². The van der Waals surface area contributed by atoms with Crippen molar-refractivity contribution in [2.75, 3.05) is 6.79 Å². The summed E-state index contributed by atoms with van der Waals surface area (Å²) in [6, 6.07) is 11.1. The molecule has 0 radical (unpaired) electrons. The molecule has 0 spiro atoms. The zero-order valence-corrected chi connectivity index (χ0v) is 13.1. The first-order valence-corrected chi connectivity index (χ1v) is 7.49. The SMILES string of the molecule is CC(NCc1ccc(F)c(Br)c1)c1ccc2c(c1)OCO2. The quantitative estimate of drug-likeness (QED) is 0.896. The second kappa shape index (κ2) is 6.03. The van der Waals surface area contributed by atoms with Gasteiger partial charge >= 0.3 is 0 Å². The van der Waals surface area contributed by atoms with Crippen LogP contribution in [0.5, 0.6) is 11.5 Å². The van der Waals surface area contributed by atoms with Gasteiger partial charge in [0, 0.05) is 12.6 Å². The Kier molecular flexibility index (Phi) is 4.12. The Bertz CT molecular complexity index is 663. The highest BCUT2D eigenvalue weighted by molar-refractivity contribution is 9.10. The normalized spacial score (nSPS) is 14.2. The molecule has 0 bridgehead atoms. The van der Waals surface area contributed by atoms with E-state index in [2.05, 4.69) is 28.2 Å². The van der Waals surface area contributed by atoms with Gasteiger partial charge in [0.2, 0.25) is 6.79 Å². The van der Waals surface area contributed by atoms with Crippen LogP contribution in [0.3, 0.4) is 0 Å². The van der Waals surface area contributed by atoms with Gasteiger partial charge in [0.1, 0.15) is 5.82 Å². The van der Waals surface area contributed by atoms with E-state index in [1.165, 1.54) is 6.07 Å². The molecule has 3 rings (SSSR count). The van der Waals surface area contributed by atoms with Crippen molar-refractivity contribution in [3.8, 4) is 11.5 Å². The predicted octanol–water partition coefficient (Wildman–Crippen LogP) is 4.17. The number of ether oxygens (including phenoxy) is 2. The predicted molar refractivity (Wildman–Crippen MR) is 81.9 cm³/mol. The van der Waals surface area contributed by atoms with Crippen LogP contribution in [0.4, 0.5) is 4.39 Å². The molecule has 1 N–H and O–H groups in total. The number of fused-ring (bicyclic) bond motifs is 1. The molecule has 2 aromatic carbocycles. The summed E-state index contributed by atoms with van der Waals surface area (Å²) in [6.07, 6.45) is 0. The standard InChI is InChI=1S/C16H15BrFNO2/c1-10(12-3-5-15-16(7-12)21-9-20-15)19-8-11-2-4-14(18)13(17)6-11/h2-7,10,19H,8-9H2,1H3. The summed E-state index contributed by atoms with van der Waals surface area (Å²) in [4.78, 5) is 0. The molecule has 5 heteroatoms. The number of nitrogens with one attached hydrogen (secondary N) is 1. The Morgan fingerprint density at radius 1 is 1.19 bits per heavy atom. The van der Waals surface area contributed by atoms with Crippen molar-refractivity contribution >= 4 is 15.9 Å². The van der Waals surface area contributed by atoms with Crippen LogP contribution in [0.15, 0.2) is 40.9 Å². The molecule has 0 amide bonds. The van der Waals surface area contributed by atoms with Crippen LogP contribution in [-0.4, -0.2) is 6.79 Å². The highest BCUT2D eigenvalue weighted by Gasteiger charge is 2.15. The van der Waals surface area contributed by atoms with Crippen LogP contribution in [0.1, 0.15) is 24.1 Å². The molecule has 1 atom stereocenters. The van der Waals surface area contributed by atoms with Crippen molar-refractivity contribution in [1.29, 1.82) is 0 Å². The lowest BCUT2D eigenvalue weighted by Crippen LogP contribution is -2.18. The van der Waals surface area contributed by atoms with Crippen LogP contribution in [0.25, 0.3) is 0 Å². The second-order valence-electron chi connectivity index (χ2n) is 4.96. The van der Waals surface area contributed by atoms with E-state index >= 15 is 0 Å². The molecule has 110 valence electrons. The van der Waals surface area contributed by atoms with Gasteiger partial charge in [0.05, 0.1) is 4.47 Å². The third-order valence-corrected chi connectivity index (χ3v) is 4.10. The van der Waals surface area contributed by atoms with Gasteiger partial charge in [-0.1, -0.05) is 12.1 Å². The lowest BCUT2D eigenvalue weighted by molar-refractivity contribution is 0.174. The van der Waals surface area contributed by atoms with E-state index in [0.29, 0.717) is 11.0 Å². The van der Waals surface area contributed by atoms with Crippen molar-refractivity contribution in [3.63, 3.8) is 0 Å². The third kappa shape index (κ3) is 3.19. The van der Waals surface area contributed by atoms with E-state index in [9.17, 15) is 4.39 Å². The Morgan fingerprint density at radius 3 is 2.81 bits per heavy atom. The molecule has 0 saturated heterocycles. The van der Waals surface area contributed by atoms with Crippen molar-refractivity contribution in [2.45, 2.75) is 19.5 Å². The summed E-state index contributed by atoms with van der Waals surface area (Å²) in [5.74, 6) is 1.32. The monoisotopic (exact) mass is 351 g/mol.